The number of methoxy groups -OCH3 is 1. The molecule has 0 saturated heterocycles. The van der Waals surface area contributed by atoms with Gasteiger partial charge in [0.2, 0.25) is 5.88 Å². The minimum absolute atomic E-state index is 0.0354. The lowest BCUT2D eigenvalue weighted by Crippen LogP contribution is -2.24. The largest absolute Gasteiger partial charge is 0.481 e. The highest BCUT2D eigenvalue weighted by Crippen LogP contribution is 2.14. The number of nitrogens with zero attached hydrogens (tertiary/aromatic N) is 2. The molecule has 0 bridgehead atoms. The van der Waals surface area contributed by atoms with E-state index in [1.807, 2.05) is 0 Å². The summed E-state index contributed by atoms with van der Waals surface area (Å²) in [7, 11) is 3.05. The van der Waals surface area contributed by atoms with Crippen LogP contribution in [0, 0.1) is 5.82 Å². The maximum absolute atomic E-state index is 14.0. The smallest absolute Gasteiger partial charge is 0.254 e. The molecule has 0 fully saturated rings. The molecule has 0 aliphatic heterocycles. The molecule has 0 aliphatic rings. The van der Waals surface area contributed by atoms with Crippen LogP contribution in [-0.2, 0) is 6.54 Å². The third-order valence-corrected chi connectivity index (χ3v) is 2.83. The number of carbonyl (C=O) groups is 1. The number of rotatable bonds is 5. The normalized spacial score (nSPS) is 10.0. The molecular weight excluding hydrogens is 275 g/mol. The summed E-state index contributed by atoms with van der Waals surface area (Å²) in [6.07, 6.45) is 2.95. The Morgan fingerprint density at radius 3 is 2.81 bits per heavy atom. The van der Waals surface area contributed by atoms with Crippen molar-refractivity contribution in [3.63, 3.8) is 0 Å². The van der Waals surface area contributed by atoms with E-state index < -0.39 is 11.7 Å². The van der Waals surface area contributed by atoms with Crippen LogP contribution in [0.4, 0.5) is 10.2 Å². The number of ether oxygens (including phenoxy) is 1. The second kappa shape index (κ2) is 6.65. The van der Waals surface area contributed by atoms with Crippen molar-refractivity contribution < 1.29 is 13.9 Å². The number of hydrogen-bond donors (Lipinski definition) is 2. The molecule has 0 saturated carbocycles. The van der Waals surface area contributed by atoms with E-state index >= 15 is 0 Å². The lowest BCUT2D eigenvalue weighted by molar-refractivity contribution is 0.0946. The van der Waals surface area contributed by atoms with Crippen LogP contribution in [0.25, 0.3) is 0 Å². The molecule has 2 heterocycles. The Morgan fingerprint density at radius 1 is 1.33 bits per heavy atom. The van der Waals surface area contributed by atoms with E-state index in [1.54, 1.807) is 18.3 Å². The fourth-order valence-electron chi connectivity index (χ4n) is 1.74. The van der Waals surface area contributed by atoms with E-state index in [-0.39, 0.29) is 17.9 Å². The minimum atomic E-state index is -0.676. The van der Waals surface area contributed by atoms with Gasteiger partial charge < -0.3 is 15.4 Å². The van der Waals surface area contributed by atoms with E-state index in [2.05, 4.69) is 20.6 Å². The number of amides is 1. The Kier molecular flexibility index (Phi) is 4.65. The standard InChI is InChI=1S/C14H15FN4O2/c1-16-13-12(15)10(4-6-18-13)14(20)19-8-9-3-5-17-11(7-9)21-2/h3-7H,8H2,1-2H3,(H,16,18)(H,19,20). The van der Waals surface area contributed by atoms with Crippen LogP contribution in [0.3, 0.4) is 0 Å². The van der Waals surface area contributed by atoms with Gasteiger partial charge in [-0.3, -0.25) is 4.79 Å². The van der Waals surface area contributed by atoms with E-state index in [9.17, 15) is 9.18 Å². The predicted molar refractivity (Wildman–Crippen MR) is 75.7 cm³/mol. The number of hydrogen-bond acceptors (Lipinski definition) is 5. The Labute approximate surface area is 121 Å². The molecule has 6 nitrogen and oxygen atoms in total. The summed E-state index contributed by atoms with van der Waals surface area (Å²) in [6, 6.07) is 4.77. The number of aromatic nitrogens is 2. The zero-order valence-electron chi connectivity index (χ0n) is 11.7. The third-order valence-electron chi connectivity index (χ3n) is 2.83. The summed E-state index contributed by atoms with van der Waals surface area (Å²) >= 11 is 0. The maximum Gasteiger partial charge on any atom is 0.254 e. The molecule has 0 aromatic carbocycles. The van der Waals surface area contributed by atoms with Crippen LogP contribution in [-0.4, -0.2) is 30.0 Å². The monoisotopic (exact) mass is 290 g/mol. The molecule has 2 rings (SSSR count). The van der Waals surface area contributed by atoms with E-state index in [1.165, 1.54) is 26.4 Å². The number of pyridine rings is 2. The second-order valence-electron chi connectivity index (χ2n) is 4.16. The summed E-state index contributed by atoms with van der Waals surface area (Å²) in [5, 5.41) is 5.23. The van der Waals surface area contributed by atoms with Crippen LogP contribution in [0.5, 0.6) is 5.88 Å². The van der Waals surface area contributed by atoms with Crippen molar-refractivity contribution in [2.75, 3.05) is 19.5 Å². The van der Waals surface area contributed by atoms with Gasteiger partial charge in [0, 0.05) is 32.1 Å². The fourth-order valence-corrected chi connectivity index (χ4v) is 1.74. The van der Waals surface area contributed by atoms with Gasteiger partial charge in [-0.15, -0.1) is 0 Å². The summed E-state index contributed by atoms with van der Waals surface area (Å²) < 4.78 is 18.9. The van der Waals surface area contributed by atoms with Crippen LogP contribution >= 0.6 is 0 Å². The van der Waals surface area contributed by atoms with Crippen LogP contribution < -0.4 is 15.4 Å². The molecule has 0 atom stereocenters. The van der Waals surface area contributed by atoms with Gasteiger partial charge in [-0.1, -0.05) is 0 Å². The fraction of sp³-hybridized carbons (Fsp3) is 0.214. The van der Waals surface area contributed by atoms with Crippen molar-refractivity contribution in [2.24, 2.45) is 0 Å². The summed E-state index contributed by atoms with van der Waals surface area (Å²) in [5.74, 6) is -0.700. The molecule has 2 aromatic rings. The predicted octanol–water partition coefficient (Wildman–Crippen LogP) is 1.60. The molecule has 0 aliphatic carbocycles. The molecule has 0 spiro atoms. The van der Waals surface area contributed by atoms with E-state index in [0.717, 1.165) is 5.56 Å². The molecule has 2 aromatic heterocycles. The lowest BCUT2D eigenvalue weighted by atomic mass is 10.2. The van der Waals surface area contributed by atoms with Gasteiger partial charge in [-0.2, -0.15) is 0 Å². The Bertz CT molecular complexity index is 649. The zero-order valence-corrected chi connectivity index (χ0v) is 11.7. The number of halogens is 1. The first kappa shape index (κ1) is 14.7. The summed E-state index contributed by atoms with van der Waals surface area (Å²) in [5.41, 5.74) is 0.744. The molecule has 1 amide bonds. The summed E-state index contributed by atoms with van der Waals surface area (Å²) in [6.45, 7) is 0.244. The topological polar surface area (TPSA) is 76.1 Å². The third kappa shape index (κ3) is 3.44. The minimum Gasteiger partial charge on any atom is -0.481 e. The first-order chi connectivity index (χ1) is 10.2. The number of anilines is 1. The molecule has 110 valence electrons. The lowest BCUT2D eigenvalue weighted by Gasteiger charge is -2.08. The van der Waals surface area contributed by atoms with Gasteiger partial charge in [0.1, 0.15) is 0 Å². The molecule has 0 radical (unpaired) electrons. The number of carbonyl (C=O) groups excluding carboxylic acids is 1. The van der Waals surface area contributed by atoms with E-state index in [4.69, 9.17) is 4.74 Å². The second-order valence-corrected chi connectivity index (χ2v) is 4.16. The first-order valence-corrected chi connectivity index (χ1v) is 6.25. The van der Waals surface area contributed by atoms with Gasteiger partial charge in [0.05, 0.1) is 12.7 Å². The number of nitrogens with one attached hydrogen (secondary N) is 2. The maximum atomic E-state index is 14.0. The molecule has 2 N–H and O–H groups in total. The van der Waals surface area contributed by atoms with Crippen molar-refractivity contribution >= 4 is 11.7 Å². The van der Waals surface area contributed by atoms with Gasteiger partial charge in [-0.25, -0.2) is 14.4 Å². The zero-order chi connectivity index (χ0) is 15.2. The molecular formula is C14H15FN4O2. The molecule has 21 heavy (non-hydrogen) atoms. The Morgan fingerprint density at radius 2 is 2.10 bits per heavy atom. The SMILES string of the molecule is CNc1nccc(C(=O)NCc2ccnc(OC)c2)c1F. The van der Waals surface area contributed by atoms with E-state index in [0.29, 0.717) is 5.88 Å². The molecule has 7 heteroatoms. The van der Waals surface area contributed by atoms with Crippen molar-refractivity contribution in [1.82, 2.24) is 15.3 Å². The Hall–Kier alpha value is -2.70. The van der Waals surface area contributed by atoms with Crippen molar-refractivity contribution in [3.8, 4) is 5.88 Å². The Balaban J connectivity index is 2.08. The van der Waals surface area contributed by atoms with Crippen molar-refractivity contribution in [3.05, 3.63) is 47.5 Å². The highest BCUT2D eigenvalue weighted by atomic mass is 19.1. The van der Waals surface area contributed by atoms with Crippen molar-refractivity contribution in [2.45, 2.75) is 6.54 Å². The van der Waals surface area contributed by atoms with Crippen LogP contribution in [0.2, 0.25) is 0 Å². The van der Waals surface area contributed by atoms with Crippen LogP contribution in [0.15, 0.2) is 30.6 Å². The average molecular weight is 290 g/mol. The quantitative estimate of drug-likeness (QED) is 0.874. The highest BCUT2D eigenvalue weighted by molar-refractivity contribution is 5.95. The molecule has 0 unspecified atom stereocenters. The average Bonchev–Trinajstić information content (AvgIpc) is 2.53. The first-order valence-electron chi connectivity index (χ1n) is 6.25. The van der Waals surface area contributed by atoms with Gasteiger partial charge >= 0.3 is 0 Å². The summed E-state index contributed by atoms with van der Waals surface area (Å²) in [4.78, 5) is 19.8. The highest BCUT2D eigenvalue weighted by Gasteiger charge is 2.15. The van der Waals surface area contributed by atoms with Crippen molar-refractivity contribution in [1.29, 1.82) is 0 Å². The van der Waals surface area contributed by atoms with Gasteiger partial charge in [-0.05, 0) is 17.7 Å². The van der Waals surface area contributed by atoms with Crippen LogP contribution in [0.1, 0.15) is 15.9 Å². The van der Waals surface area contributed by atoms with Gasteiger partial charge in [0.15, 0.2) is 11.6 Å². The van der Waals surface area contributed by atoms with Gasteiger partial charge in [0.25, 0.3) is 5.91 Å².